The van der Waals surface area contributed by atoms with Crippen molar-refractivity contribution in [2.75, 3.05) is 5.32 Å². The zero-order valence-corrected chi connectivity index (χ0v) is 13.3. The normalized spacial score (nSPS) is 10.8. The molecule has 0 saturated heterocycles. The standard InChI is InChI=1S/C13H6Cl3N3OS/c14-6-1-2-9-10(3-6)21-13(18-9)19-12(20)7-4-11(16)17-5-8(7)15/h1-5H,(H,18,19,20). The second-order valence-electron chi connectivity index (χ2n) is 4.07. The highest BCUT2D eigenvalue weighted by Crippen LogP contribution is 2.29. The molecular weight excluding hydrogens is 353 g/mol. The van der Waals surface area contributed by atoms with E-state index >= 15 is 0 Å². The Bertz CT molecular complexity index is 850. The van der Waals surface area contributed by atoms with Crippen molar-refractivity contribution in [2.24, 2.45) is 0 Å². The molecule has 0 fully saturated rings. The van der Waals surface area contributed by atoms with Crippen molar-refractivity contribution in [3.05, 3.63) is 51.2 Å². The van der Waals surface area contributed by atoms with E-state index in [4.69, 9.17) is 34.8 Å². The summed E-state index contributed by atoms with van der Waals surface area (Å²) >= 11 is 19.0. The van der Waals surface area contributed by atoms with Crippen LogP contribution in [0.4, 0.5) is 5.13 Å². The van der Waals surface area contributed by atoms with Gasteiger partial charge in [0.05, 0.1) is 20.8 Å². The van der Waals surface area contributed by atoms with Gasteiger partial charge in [-0.3, -0.25) is 10.1 Å². The molecule has 1 N–H and O–H groups in total. The fourth-order valence-electron chi connectivity index (χ4n) is 1.70. The molecule has 2 heterocycles. The molecule has 0 spiro atoms. The molecule has 2 aromatic heterocycles. The lowest BCUT2D eigenvalue weighted by Crippen LogP contribution is -2.12. The molecule has 0 unspecified atom stereocenters. The molecule has 0 radical (unpaired) electrons. The number of amides is 1. The molecule has 21 heavy (non-hydrogen) atoms. The number of thiazole rings is 1. The van der Waals surface area contributed by atoms with E-state index in [1.165, 1.54) is 23.6 Å². The number of carbonyl (C=O) groups is 1. The van der Waals surface area contributed by atoms with Gasteiger partial charge in [-0.05, 0) is 24.3 Å². The van der Waals surface area contributed by atoms with E-state index in [9.17, 15) is 4.79 Å². The molecule has 0 bridgehead atoms. The highest BCUT2D eigenvalue weighted by Gasteiger charge is 2.14. The monoisotopic (exact) mass is 357 g/mol. The van der Waals surface area contributed by atoms with Gasteiger partial charge in [-0.25, -0.2) is 9.97 Å². The summed E-state index contributed by atoms with van der Waals surface area (Å²) in [5, 5.41) is 4.19. The van der Waals surface area contributed by atoms with Crippen LogP contribution in [0.25, 0.3) is 10.2 Å². The predicted molar refractivity (Wildman–Crippen MR) is 86.8 cm³/mol. The van der Waals surface area contributed by atoms with Crippen LogP contribution >= 0.6 is 46.1 Å². The number of benzene rings is 1. The maximum Gasteiger partial charge on any atom is 0.259 e. The number of pyridine rings is 1. The minimum absolute atomic E-state index is 0.195. The van der Waals surface area contributed by atoms with Crippen molar-refractivity contribution in [2.45, 2.75) is 0 Å². The first kappa shape index (κ1) is 14.5. The number of hydrogen-bond donors (Lipinski definition) is 1. The van der Waals surface area contributed by atoms with Crippen LogP contribution < -0.4 is 5.32 Å². The van der Waals surface area contributed by atoms with Gasteiger partial charge in [-0.15, -0.1) is 0 Å². The topological polar surface area (TPSA) is 54.9 Å². The van der Waals surface area contributed by atoms with Gasteiger partial charge in [-0.1, -0.05) is 46.1 Å². The van der Waals surface area contributed by atoms with Gasteiger partial charge in [0.1, 0.15) is 5.15 Å². The van der Waals surface area contributed by atoms with Crippen LogP contribution in [-0.2, 0) is 0 Å². The molecule has 4 nitrogen and oxygen atoms in total. The zero-order chi connectivity index (χ0) is 15.0. The average molecular weight is 359 g/mol. The van der Waals surface area contributed by atoms with E-state index in [2.05, 4.69) is 15.3 Å². The molecular formula is C13H6Cl3N3OS. The molecule has 1 aromatic carbocycles. The minimum Gasteiger partial charge on any atom is -0.298 e. The molecule has 1 amide bonds. The Kier molecular flexibility index (Phi) is 3.99. The van der Waals surface area contributed by atoms with Crippen LogP contribution in [0.2, 0.25) is 15.2 Å². The summed E-state index contributed by atoms with van der Waals surface area (Å²) in [6.07, 6.45) is 1.33. The SMILES string of the molecule is O=C(Nc1nc2ccc(Cl)cc2s1)c1cc(Cl)ncc1Cl. The van der Waals surface area contributed by atoms with E-state index in [0.29, 0.717) is 10.2 Å². The van der Waals surface area contributed by atoms with Crippen LogP contribution in [0, 0.1) is 0 Å². The zero-order valence-electron chi connectivity index (χ0n) is 10.2. The van der Waals surface area contributed by atoms with Crippen molar-refractivity contribution in [1.82, 2.24) is 9.97 Å². The summed E-state index contributed by atoms with van der Waals surface area (Å²) in [6, 6.07) is 6.73. The number of carbonyl (C=O) groups excluding carboxylic acids is 1. The Morgan fingerprint density at radius 1 is 1.19 bits per heavy atom. The van der Waals surface area contributed by atoms with Gasteiger partial charge in [0.2, 0.25) is 0 Å². The smallest absolute Gasteiger partial charge is 0.259 e. The first-order valence-electron chi connectivity index (χ1n) is 5.71. The average Bonchev–Trinajstić information content (AvgIpc) is 2.82. The van der Waals surface area contributed by atoms with Crippen LogP contribution in [0.5, 0.6) is 0 Å². The third kappa shape index (κ3) is 3.11. The summed E-state index contributed by atoms with van der Waals surface area (Å²) in [7, 11) is 0. The number of fused-ring (bicyclic) bond motifs is 1. The summed E-state index contributed by atoms with van der Waals surface area (Å²) in [5.74, 6) is -0.394. The molecule has 0 aliphatic heterocycles. The lowest BCUT2D eigenvalue weighted by atomic mass is 10.2. The molecule has 3 rings (SSSR count). The lowest BCUT2D eigenvalue weighted by molar-refractivity contribution is 0.102. The largest absolute Gasteiger partial charge is 0.298 e. The number of aromatic nitrogens is 2. The van der Waals surface area contributed by atoms with Crippen LogP contribution in [0.1, 0.15) is 10.4 Å². The molecule has 0 saturated carbocycles. The van der Waals surface area contributed by atoms with Crippen LogP contribution in [0.15, 0.2) is 30.5 Å². The Morgan fingerprint density at radius 2 is 2.00 bits per heavy atom. The third-order valence-corrected chi connectivity index (χ3v) is 4.31. The van der Waals surface area contributed by atoms with Gasteiger partial charge in [0.25, 0.3) is 5.91 Å². The third-order valence-electron chi connectivity index (χ3n) is 2.64. The fourth-order valence-corrected chi connectivity index (χ4v) is 3.19. The number of anilines is 1. The number of nitrogens with zero attached hydrogens (tertiary/aromatic N) is 2. The van der Waals surface area contributed by atoms with Gasteiger partial charge in [0.15, 0.2) is 5.13 Å². The van der Waals surface area contributed by atoms with Gasteiger partial charge in [0, 0.05) is 11.2 Å². The predicted octanol–water partition coefficient (Wildman–Crippen LogP) is 4.90. The highest BCUT2D eigenvalue weighted by molar-refractivity contribution is 7.22. The molecule has 8 heteroatoms. The van der Waals surface area contributed by atoms with E-state index in [1.54, 1.807) is 18.2 Å². The van der Waals surface area contributed by atoms with Crippen molar-refractivity contribution >= 4 is 67.4 Å². The first-order valence-corrected chi connectivity index (χ1v) is 7.66. The molecule has 0 aliphatic carbocycles. The van der Waals surface area contributed by atoms with Crippen molar-refractivity contribution in [3.63, 3.8) is 0 Å². The first-order chi connectivity index (χ1) is 10.0. The number of hydrogen-bond acceptors (Lipinski definition) is 4. The van der Waals surface area contributed by atoms with Crippen molar-refractivity contribution in [1.29, 1.82) is 0 Å². The molecule has 0 aliphatic rings. The summed E-state index contributed by atoms with van der Waals surface area (Å²) in [6.45, 7) is 0. The van der Waals surface area contributed by atoms with Gasteiger partial charge in [-0.2, -0.15) is 0 Å². The summed E-state index contributed by atoms with van der Waals surface area (Å²) in [5.41, 5.74) is 1.01. The van der Waals surface area contributed by atoms with Gasteiger partial charge >= 0.3 is 0 Å². The molecule has 3 aromatic rings. The highest BCUT2D eigenvalue weighted by atomic mass is 35.5. The van der Waals surface area contributed by atoms with Gasteiger partial charge < -0.3 is 0 Å². The van der Waals surface area contributed by atoms with E-state index in [-0.39, 0.29) is 15.7 Å². The van der Waals surface area contributed by atoms with E-state index < -0.39 is 5.91 Å². The maximum absolute atomic E-state index is 12.2. The molecule has 0 atom stereocenters. The summed E-state index contributed by atoms with van der Waals surface area (Å²) in [4.78, 5) is 20.3. The van der Waals surface area contributed by atoms with Crippen molar-refractivity contribution in [3.8, 4) is 0 Å². The van der Waals surface area contributed by atoms with Crippen LogP contribution in [0.3, 0.4) is 0 Å². The molecule has 106 valence electrons. The van der Waals surface area contributed by atoms with Crippen LogP contribution in [-0.4, -0.2) is 15.9 Å². The Labute approximate surface area is 138 Å². The number of halogens is 3. The Balaban J connectivity index is 1.90. The second-order valence-corrected chi connectivity index (χ2v) is 6.33. The number of rotatable bonds is 2. The van der Waals surface area contributed by atoms with E-state index in [1.807, 2.05) is 0 Å². The fraction of sp³-hybridized carbons (Fsp3) is 0. The quantitative estimate of drug-likeness (QED) is 0.663. The maximum atomic E-state index is 12.2. The van der Waals surface area contributed by atoms with E-state index in [0.717, 1.165) is 10.2 Å². The van der Waals surface area contributed by atoms with Crippen molar-refractivity contribution < 1.29 is 4.79 Å². The number of nitrogens with one attached hydrogen (secondary N) is 1. The minimum atomic E-state index is -0.394. The Hall–Kier alpha value is -1.40. The lowest BCUT2D eigenvalue weighted by Gasteiger charge is -2.03. The second kappa shape index (κ2) is 5.77. The summed E-state index contributed by atoms with van der Waals surface area (Å²) < 4.78 is 0.886. The Morgan fingerprint density at radius 3 is 2.81 bits per heavy atom.